The van der Waals surface area contributed by atoms with Gasteiger partial charge in [0.1, 0.15) is 17.1 Å². The quantitative estimate of drug-likeness (QED) is 0.307. The summed E-state index contributed by atoms with van der Waals surface area (Å²) < 4.78 is 89.6. The van der Waals surface area contributed by atoms with Gasteiger partial charge in [0, 0.05) is 12.1 Å². The van der Waals surface area contributed by atoms with Gasteiger partial charge in [-0.15, -0.1) is 0 Å². The lowest BCUT2D eigenvalue weighted by Crippen LogP contribution is -2.51. The van der Waals surface area contributed by atoms with Crippen LogP contribution in [0.3, 0.4) is 0 Å². The fourth-order valence-electron chi connectivity index (χ4n) is 5.25. The van der Waals surface area contributed by atoms with E-state index in [-0.39, 0.29) is 31.2 Å². The number of esters is 1. The molecule has 1 aromatic carbocycles. The molecule has 224 valence electrons. The predicted molar refractivity (Wildman–Crippen MR) is 136 cm³/mol. The second kappa shape index (κ2) is 11.9. The Labute approximate surface area is 233 Å². The highest BCUT2D eigenvalue weighted by atomic mass is 19.4. The fourth-order valence-corrected chi connectivity index (χ4v) is 5.25. The van der Waals surface area contributed by atoms with Gasteiger partial charge >= 0.3 is 18.1 Å². The summed E-state index contributed by atoms with van der Waals surface area (Å²) in [6.45, 7) is 1.03. The average Bonchev–Trinajstić information content (AvgIpc) is 3.34. The maximum absolute atomic E-state index is 15.0. The number of hydrogen-bond donors (Lipinski definition) is 0. The highest BCUT2D eigenvalue weighted by Crippen LogP contribution is 2.37. The van der Waals surface area contributed by atoms with Crippen molar-refractivity contribution in [3.63, 3.8) is 0 Å². The van der Waals surface area contributed by atoms with Crippen LogP contribution < -0.4 is 4.74 Å². The summed E-state index contributed by atoms with van der Waals surface area (Å²) in [5.74, 6) is -6.25. The molecule has 0 spiro atoms. The summed E-state index contributed by atoms with van der Waals surface area (Å²) in [7, 11) is 1.24. The van der Waals surface area contributed by atoms with Gasteiger partial charge in [-0.05, 0) is 75.9 Å². The molecule has 2 aromatic rings. The zero-order valence-corrected chi connectivity index (χ0v) is 22.6. The number of piperidine rings is 1. The standard InChI is InChI=1S/C28H31F6N3O4/c1-26(25(39)40-2)10-3-11-37(26)24(38)21-6-4-19(14-22(21)29)23-7-5-20(15-35-23)41-16-18-8-12-36(13-9-18)17-27(30,31)28(32,33)34/h4-7,14-15,18H,3,8-13,16-17H2,1-2H3/t26-/m0/s1. The molecule has 7 nitrogen and oxygen atoms in total. The number of rotatable bonds is 8. The molecule has 0 unspecified atom stereocenters. The number of hydrogen-bond acceptors (Lipinski definition) is 6. The number of alkyl halides is 5. The summed E-state index contributed by atoms with van der Waals surface area (Å²) in [4.78, 5) is 32.1. The van der Waals surface area contributed by atoms with Crippen LogP contribution >= 0.6 is 0 Å². The summed E-state index contributed by atoms with van der Waals surface area (Å²) in [6.07, 6.45) is -2.28. The second-order valence-corrected chi connectivity index (χ2v) is 10.6. The molecular weight excluding hydrogens is 556 g/mol. The maximum atomic E-state index is 15.0. The van der Waals surface area contributed by atoms with Gasteiger partial charge in [-0.25, -0.2) is 9.18 Å². The highest BCUT2D eigenvalue weighted by molar-refractivity contribution is 5.99. The molecule has 1 atom stereocenters. The Morgan fingerprint density at radius 3 is 2.37 bits per heavy atom. The Morgan fingerprint density at radius 1 is 1.07 bits per heavy atom. The molecule has 1 amide bonds. The van der Waals surface area contributed by atoms with E-state index in [1.165, 1.54) is 30.3 Å². The predicted octanol–water partition coefficient (Wildman–Crippen LogP) is 5.34. The SMILES string of the molecule is COC(=O)[C@]1(C)CCCN1C(=O)c1ccc(-c2ccc(OCC3CCN(CC(F)(F)C(F)(F)F)CC3)cn2)cc1F. The van der Waals surface area contributed by atoms with Crippen LogP contribution in [0, 0.1) is 11.7 Å². The molecule has 0 bridgehead atoms. The van der Waals surface area contributed by atoms with Crippen molar-refractivity contribution < 1.29 is 45.4 Å². The Kier molecular flexibility index (Phi) is 8.86. The van der Waals surface area contributed by atoms with Crippen LogP contribution in [0.15, 0.2) is 36.5 Å². The lowest BCUT2D eigenvalue weighted by atomic mass is 9.97. The number of aromatic nitrogens is 1. The average molecular weight is 588 g/mol. The molecule has 3 heterocycles. The Bertz CT molecular complexity index is 1250. The monoisotopic (exact) mass is 587 g/mol. The second-order valence-electron chi connectivity index (χ2n) is 10.6. The largest absolute Gasteiger partial charge is 0.492 e. The van der Waals surface area contributed by atoms with Gasteiger partial charge in [-0.3, -0.25) is 14.7 Å². The van der Waals surface area contributed by atoms with Crippen molar-refractivity contribution >= 4 is 11.9 Å². The summed E-state index contributed by atoms with van der Waals surface area (Å²) >= 11 is 0. The van der Waals surface area contributed by atoms with Crippen molar-refractivity contribution in [2.75, 3.05) is 39.9 Å². The molecule has 1 aromatic heterocycles. The first-order valence-electron chi connectivity index (χ1n) is 13.2. The van der Waals surface area contributed by atoms with Crippen molar-refractivity contribution in [3.05, 3.63) is 47.9 Å². The first-order valence-corrected chi connectivity index (χ1v) is 13.2. The van der Waals surface area contributed by atoms with Crippen LogP contribution in [0.4, 0.5) is 26.3 Å². The van der Waals surface area contributed by atoms with Crippen LogP contribution in [-0.2, 0) is 9.53 Å². The molecule has 13 heteroatoms. The van der Waals surface area contributed by atoms with Crippen molar-refractivity contribution in [2.45, 2.75) is 50.2 Å². The first-order chi connectivity index (χ1) is 19.2. The number of halogens is 6. The van der Waals surface area contributed by atoms with Gasteiger partial charge in [0.2, 0.25) is 0 Å². The summed E-state index contributed by atoms with van der Waals surface area (Å²) in [5.41, 5.74) is -0.480. The van der Waals surface area contributed by atoms with E-state index in [2.05, 4.69) is 4.98 Å². The van der Waals surface area contributed by atoms with Crippen LogP contribution in [-0.4, -0.2) is 84.2 Å². The first kappa shape index (κ1) is 30.6. The third kappa shape index (κ3) is 6.60. The molecular formula is C28H31F6N3O4. The number of ether oxygens (including phenoxy) is 2. The Hall–Kier alpha value is -3.35. The van der Waals surface area contributed by atoms with Crippen molar-refractivity contribution in [3.8, 4) is 17.0 Å². The number of carbonyl (C=O) groups is 2. The Morgan fingerprint density at radius 2 is 1.78 bits per heavy atom. The lowest BCUT2D eigenvalue weighted by Gasteiger charge is -2.34. The normalized spacial score (nSPS) is 20.7. The van der Waals surface area contributed by atoms with E-state index in [9.17, 15) is 31.5 Å². The van der Waals surface area contributed by atoms with Crippen LogP contribution in [0.5, 0.6) is 5.75 Å². The van der Waals surface area contributed by atoms with Gasteiger partial charge in [-0.2, -0.15) is 22.0 Å². The third-order valence-corrected chi connectivity index (χ3v) is 7.77. The summed E-state index contributed by atoms with van der Waals surface area (Å²) in [6, 6.07) is 7.34. The van der Waals surface area contributed by atoms with Gasteiger partial charge in [0.25, 0.3) is 5.91 Å². The molecule has 2 aliphatic heterocycles. The molecule has 41 heavy (non-hydrogen) atoms. The van der Waals surface area contributed by atoms with E-state index in [1.54, 1.807) is 25.1 Å². The lowest BCUT2D eigenvalue weighted by molar-refractivity contribution is -0.287. The minimum absolute atomic E-state index is 0.0127. The van der Waals surface area contributed by atoms with Crippen molar-refractivity contribution in [1.82, 2.24) is 14.8 Å². The number of amides is 1. The van der Waals surface area contributed by atoms with Gasteiger partial charge in [0.15, 0.2) is 0 Å². The number of likely N-dealkylation sites (tertiary alicyclic amines) is 2. The molecule has 0 aliphatic carbocycles. The molecule has 0 N–H and O–H groups in total. The molecule has 4 rings (SSSR count). The fraction of sp³-hybridized carbons (Fsp3) is 0.536. The van der Waals surface area contributed by atoms with E-state index in [0.717, 1.165) is 4.90 Å². The molecule has 0 radical (unpaired) electrons. The third-order valence-electron chi connectivity index (χ3n) is 7.77. The zero-order valence-electron chi connectivity index (χ0n) is 22.6. The number of nitrogens with zero attached hydrogens (tertiary/aromatic N) is 3. The number of methoxy groups -OCH3 is 1. The number of benzene rings is 1. The van der Waals surface area contributed by atoms with Gasteiger partial charge < -0.3 is 14.4 Å². The number of pyridine rings is 1. The van der Waals surface area contributed by atoms with Gasteiger partial charge in [0.05, 0.1) is 37.7 Å². The smallest absolute Gasteiger partial charge is 0.454 e. The summed E-state index contributed by atoms with van der Waals surface area (Å²) in [5, 5.41) is 0. The zero-order chi connectivity index (χ0) is 30.0. The molecule has 2 saturated heterocycles. The van der Waals surface area contributed by atoms with Crippen LogP contribution in [0.25, 0.3) is 11.3 Å². The minimum Gasteiger partial charge on any atom is -0.492 e. The van der Waals surface area contributed by atoms with Gasteiger partial charge in [-0.1, -0.05) is 6.07 Å². The van der Waals surface area contributed by atoms with E-state index in [1.807, 2.05) is 0 Å². The van der Waals surface area contributed by atoms with E-state index >= 15 is 4.39 Å². The van der Waals surface area contributed by atoms with E-state index in [4.69, 9.17) is 9.47 Å². The maximum Gasteiger partial charge on any atom is 0.454 e. The van der Waals surface area contributed by atoms with E-state index < -0.39 is 41.9 Å². The van der Waals surface area contributed by atoms with Crippen LogP contribution in [0.1, 0.15) is 43.0 Å². The van der Waals surface area contributed by atoms with E-state index in [0.29, 0.717) is 49.2 Å². The molecule has 2 fully saturated rings. The minimum atomic E-state index is -5.57. The Balaban J connectivity index is 1.32. The number of carbonyl (C=O) groups excluding carboxylic acids is 2. The molecule has 2 aliphatic rings. The highest BCUT2D eigenvalue weighted by Gasteiger charge is 2.58. The van der Waals surface area contributed by atoms with Crippen molar-refractivity contribution in [1.29, 1.82) is 0 Å². The topological polar surface area (TPSA) is 72.0 Å². The van der Waals surface area contributed by atoms with Crippen LogP contribution in [0.2, 0.25) is 0 Å². The van der Waals surface area contributed by atoms with Crippen molar-refractivity contribution in [2.24, 2.45) is 5.92 Å². The molecule has 0 saturated carbocycles.